The molecule has 0 radical (unpaired) electrons. The van der Waals surface area contributed by atoms with Crippen molar-refractivity contribution in [3.05, 3.63) is 38.8 Å². The number of benzene rings is 1. The van der Waals surface area contributed by atoms with Gasteiger partial charge in [0.05, 0.1) is 17.7 Å². The van der Waals surface area contributed by atoms with Crippen LogP contribution in [0.2, 0.25) is 0 Å². The van der Waals surface area contributed by atoms with E-state index in [2.05, 4.69) is 43.8 Å². The fraction of sp³-hybridized carbons (Fsp3) is 0.429. The Morgan fingerprint density at radius 1 is 1.45 bits per heavy atom. The van der Waals surface area contributed by atoms with E-state index in [4.69, 9.17) is 4.74 Å². The maximum Gasteiger partial charge on any atom is 0.119 e. The average molecular weight is 356 g/mol. The highest BCUT2D eigenvalue weighted by molar-refractivity contribution is 9.10. The molecule has 6 heteroatoms. The number of rotatable bonds is 6. The lowest BCUT2D eigenvalue weighted by Crippen LogP contribution is -2.23. The Labute approximate surface area is 131 Å². The number of methoxy groups -OCH3 is 1. The second-order valence-electron chi connectivity index (χ2n) is 4.49. The molecule has 2 aromatic rings. The van der Waals surface area contributed by atoms with Crippen LogP contribution in [0.3, 0.4) is 0 Å². The highest BCUT2D eigenvalue weighted by atomic mass is 79.9. The van der Waals surface area contributed by atoms with Gasteiger partial charge in [0, 0.05) is 10.5 Å². The predicted molar refractivity (Wildman–Crippen MR) is 85.5 cm³/mol. The summed E-state index contributed by atoms with van der Waals surface area (Å²) in [6, 6.07) is 6.27. The summed E-state index contributed by atoms with van der Waals surface area (Å²) in [6.07, 6.45) is 0.871. The van der Waals surface area contributed by atoms with Crippen molar-refractivity contribution in [3.63, 3.8) is 0 Å². The van der Waals surface area contributed by atoms with Crippen LogP contribution in [-0.2, 0) is 6.42 Å². The van der Waals surface area contributed by atoms with Crippen molar-refractivity contribution in [2.24, 2.45) is 0 Å². The van der Waals surface area contributed by atoms with Gasteiger partial charge in [0.25, 0.3) is 0 Å². The van der Waals surface area contributed by atoms with Crippen molar-refractivity contribution in [3.8, 4) is 5.75 Å². The lowest BCUT2D eigenvalue weighted by atomic mass is 10.0. The van der Waals surface area contributed by atoms with Gasteiger partial charge in [-0.05, 0) is 55.2 Å². The molecule has 108 valence electrons. The van der Waals surface area contributed by atoms with Gasteiger partial charge in [-0.3, -0.25) is 0 Å². The van der Waals surface area contributed by atoms with E-state index in [0.29, 0.717) is 0 Å². The zero-order valence-corrected chi connectivity index (χ0v) is 14.2. The topological polar surface area (TPSA) is 47.0 Å². The molecule has 0 aliphatic carbocycles. The molecule has 4 nitrogen and oxygen atoms in total. The van der Waals surface area contributed by atoms with Crippen LogP contribution in [0, 0.1) is 6.92 Å². The third kappa shape index (κ3) is 3.56. The first-order valence-corrected chi connectivity index (χ1v) is 8.07. The normalized spacial score (nSPS) is 12.4. The van der Waals surface area contributed by atoms with Gasteiger partial charge in [0.1, 0.15) is 5.75 Å². The summed E-state index contributed by atoms with van der Waals surface area (Å²) in [7, 11) is 1.69. The molecule has 0 aliphatic rings. The number of halogens is 1. The van der Waals surface area contributed by atoms with Crippen LogP contribution < -0.4 is 10.1 Å². The molecule has 0 fully saturated rings. The van der Waals surface area contributed by atoms with Crippen LogP contribution in [0.15, 0.2) is 22.7 Å². The second kappa shape index (κ2) is 7.15. The maximum absolute atomic E-state index is 5.30. The van der Waals surface area contributed by atoms with E-state index in [1.165, 1.54) is 22.0 Å². The van der Waals surface area contributed by atoms with Crippen LogP contribution in [0.5, 0.6) is 5.75 Å². The fourth-order valence-corrected chi connectivity index (χ4v) is 3.24. The average Bonchev–Trinajstić information content (AvgIpc) is 2.86. The Morgan fingerprint density at radius 2 is 2.25 bits per heavy atom. The Bertz CT molecular complexity index is 573. The van der Waals surface area contributed by atoms with Gasteiger partial charge in [-0.15, -0.1) is 5.10 Å². The Hall–Kier alpha value is -0.980. The number of nitrogens with one attached hydrogen (secondary N) is 1. The lowest BCUT2D eigenvalue weighted by molar-refractivity contribution is 0.413. The molecule has 1 atom stereocenters. The maximum atomic E-state index is 5.30. The second-order valence-corrected chi connectivity index (χ2v) is 6.13. The summed E-state index contributed by atoms with van der Waals surface area (Å²) in [5.41, 5.74) is 2.21. The van der Waals surface area contributed by atoms with E-state index in [-0.39, 0.29) is 6.04 Å². The summed E-state index contributed by atoms with van der Waals surface area (Å²) < 4.78 is 10.4. The molecule has 2 rings (SSSR count). The van der Waals surface area contributed by atoms with Crippen molar-refractivity contribution in [2.75, 3.05) is 13.7 Å². The molecule has 1 N–H and O–H groups in total. The number of hydrogen-bond acceptors (Lipinski definition) is 5. The summed E-state index contributed by atoms with van der Waals surface area (Å²) in [4.78, 5) is 1.20. The van der Waals surface area contributed by atoms with Crippen molar-refractivity contribution < 1.29 is 4.74 Å². The zero-order valence-electron chi connectivity index (χ0n) is 11.8. The molecule has 1 unspecified atom stereocenters. The summed E-state index contributed by atoms with van der Waals surface area (Å²) >= 11 is 5.07. The molecule has 0 saturated carbocycles. The molecule has 1 aromatic carbocycles. The third-order valence-corrected chi connectivity index (χ3v) is 4.84. The monoisotopic (exact) mass is 355 g/mol. The van der Waals surface area contributed by atoms with E-state index in [0.717, 1.165) is 28.9 Å². The first kappa shape index (κ1) is 15.4. The van der Waals surface area contributed by atoms with Gasteiger partial charge in [0.15, 0.2) is 0 Å². The van der Waals surface area contributed by atoms with Crippen molar-refractivity contribution in [2.45, 2.75) is 26.3 Å². The number of ether oxygens (including phenoxy) is 1. The van der Waals surface area contributed by atoms with Gasteiger partial charge in [0.2, 0.25) is 0 Å². The highest BCUT2D eigenvalue weighted by Crippen LogP contribution is 2.29. The molecule has 0 spiro atoms. The number of likely N-dealkylation sites (N-methyl/N-ethyl adjacent to an activating group) is 1. The molecule has 0 saturated heterocycles. The smallest absolute Gasteiger partial charge is 0.119 e. The minimum atomic E-state index is 0.225. The molecule has 0 bridgehead atoms. The minimum absolute atomic E-state index is 0.225. The third-order valence-electron chi connectivity index (χ3n) is 3.13. The van der Waals surface area contributed by atoms with Crippen LogP contribution in [0.25, 0.3) is 0 Å². The predicted octanol–water partition coefficient (Wildman–Crippen LogP) is 3.51. The van der Waals surface area contributed by atoms with Gasteiger partial charge in [-0.2, -0.15) is 0 Å². The largest absolute Gasteiger partial charge is 0.497 e. The van der Waals surface area contributed by atoms with E-state index >= 15 is 0 Å². The number of nitrogens with zero attached hydrogens (tertiary/aromatic N) is 2. The first-order chi connectivity index (χ1) is 9.65. The molecular formula is C14H18BrN3OS. The molecule has 1 aromatic heterocycles. The van der Waals surface area contributed by atoms with E-state index < -0.39 is 0 Å². The van der Waals surface area contributed by atoms with E-state index in [9.17, 15) is 0 Å². The number of hydrogen-bond donors (Lipinski definition) is 1. The lowest BCUT2D eigenvalue weighted by Gasteiger charge is -2.18. The SMILES string of the molecule is CCNC(Cc1cc(OC)ccc1Br)c1snnc1C. The highest BCUT2D eigenvalue weighted by Gasteiger charge is 2.18. The van der Waals surface area contributed by atoms with Gasteiger partial charge in [-0.25, -0.2) is 0 Å². The van der Waals surface area contributed by atoms with Crippen LogP contribution in [0.1, 0.15) is 29.1 Å². The van der Waals surface area contributed by atoms with Gasteiger partial charge in [-0.1, -0.05) is 27.3 Å². The van der Waals surface area contributed by atoms with E-state index in [1.54, 1.807) is 7.11 Å². The van der Waals surface area contributed by atoms with Crippen molar-refractivity contribution in [1.82, 2.24) is 14.9 Å². The van der Waals surface area contributed by atoms with Gasteiger partial charge >= 0.3 is 0 Å². The van der Waals surface area contributed by atoms with E-state index in [1.807, 2.05) is 19.1 Å². The first-order valence-electron chi connectivity index (χ1n) is 6.50. The number of aryl methyl sites for hydroxylation is 1. The van der Waals surface area contributed by atoms with Crippen LogP contribution >= 0.6 is 27.5 Å². The summed E-state index contributed by atoms with van der Waals surface area (Å²) in [6.45, 7) is 5.02. The van der Waals surface area contributed by atoms with Crippen molar-refractivity contribution >= 4 is 27.5 Å². The van der Waals surface area contributed by atoms with Crippen molar-refractivity contribution in [1.29, 1.82) is 0 Å². The standard InChI is InChI=1S/C14H18BrN3OS/c1-4-16-13(14-9(2)17-18-20-14)8-10-7-11(19-3)5-6-12(10)15/h5-7,13,16H,4,8H2,1-3H3. The summed E-state index contributed by atoms with van der Waals surface area (Å²) in [5.74, 6) is 0.873. The van der Waals surface area contributed by atoms with Crippen LogP contribution in [-0.4, -0.2) is 23.2 Å². The zero-order chi connectivity index (χ0) is 14.5. The van der Waals surface area contributed by atoms with Crippen LogP contribution in [0.4, 0.5) is 0 Å². The molecule has 20 heavy (non-hydrogen) atoms. The quantitative estimate of drug-likeness (QED) is 0.861. The van der Waals surface area contributed by atoms with Gasteiger partial charge < -0.3 is 10.1 Å². The Morgan fingerprint density at radius 3 is 2.85 bits per heavy atom. The Balaban J connectivity index is 2.26. The molecule has 0 amide bonds. The Kier molecular flexibility index (Phi) is 5.51. The summed E-state index contributed by atoms with van der Waals surface area (Å²) in [5, 5.41) is 7.62. The molecule has 0 aliphatic heterocycles. The molecular weight excluding hydrogens is 338 g/mol. The molecule has 1 heterocycles. The minimum Gasteiger partial charge on any atom is -0.497 e. The fourth-order valence-electron chi connectivity index (χ4n) is 2.12. The number of aromatic nitrogens is 2.